The Morgan fingerprint density at radius 3 is 3.14 bits per heavy atom. The van der Waals surface area contributed by atoms with Gasteiger partial charge in [0, 0.05) is 43.2 Å². The molecule has 21 heavy (non-hydrogen) atoms. The Balaban J connectivity index is 1.54. The van der Waals surface area contributed by atoms with Crippen molar-refractivity contribution in [2.24, 2.45) is 0 Å². The lowest BCUT2D eigenvalue weighted by atomic mass is 10.1. The molecule has 3 aromatic heterocycles. The van der Waals surface area contributed by atoms with Crippen molar-refractivity contribution >= 4 is 11.3 Å². The van der Waals surface area contributed by atoms with E-state index in [0.717, 1.165) is 43.2 Å². The normalized spacial score (nSPS) is 15.0. The van der Waals surface area contributed by atoms with Crippen LogP contribution in [0.15, 0.2) is 39.9 Å². The highest BCUT2D eigenvalue weighted by molar-refractivity contribution is 7.07. The maximum atomic E-state index is 5.36. The average molecular weight is 298 g/mol. The predicted molar refractivity (Wildman–Crippen MR) is 79.7 cm³/mol. The first kappa shape index (κ1) is 12.7. The lowest BCUT2D eigenvalue weighted by Gasteiger charge is -2.27. The molecule has 0 saturated heterocycles. The minimum absolute atomic E-state index is 0.673. The van der Waals surface area contributed by atoms with Crippen LogP contribution in [0.5, 0.6) is 0 Å². The van der Waals surface area contributed by atoms with E-state index in [2.05, 4.69) is 25.2 Å². The van der Waals surface area contributed by atoms with E-state index in [9.17, 15) is 0 Å². The van der Waals surface area contributed by atoms with Crippen LogP contribution in [0.25, 0.3) is 11.6 Å². The van der Waals surface area contributed by atoms with Gasteiger partial charge in [-0.2, -0.15) is 0 Å². The molecule has 106 valence electrons. The molecule has 0 atom stereocenters. The molecule has 0 radical (unpaired) electrons. The van der Waals surface area contributed by atoms with Crippen molar-refractivity contribution in [3.8, 4) is 11.6 Å². The van der Waals surface area contributed by atoms with Crippen molar-refractivity contribution in [1.29, 1.82) is 0 Å². The largest absolute Gasteiger partial charge is 0.461 e. The summed E-state index contributed by atoms with van der Waals surface area (Å²) in [6.07, 6.45) is 4.51. The van der Waals surface area contributed by atoms with Gasteiger partial charge in [-0.1, -0.05) is 0 Å². The molecule has 0 saturated carbocycles. The number of thiazole rings is 1. The second-order valence-corrected chi connectivity index (χ2v) is 5.80. The van der Waals surface area contributed by atoms with Gasteiger partial charge in [0.25, 0.3) is 0 Å². The van der Waals surface area contributed by atoms with Crippen molar-refractivity contribution in [3.63, 3.8) is 0 Å². The summed E-state index contributed by atoms with van der Waals surface area (Å²) < 4.78 is 5.36. The summed E-state index contributed by atoms with van der Waals surface area (Å²) in [5, 5.41) is 2.10. The van der Waals surface area contributed by atoms with Crippen molar-refractivity contribution in [1.82, 2.24) is 19.9 Å². The first-order valence-corrected chi connectivity index (χ1v) is 7.81. The average Bonchev–Trinajstić information content (AvgIpc) is 3.20. The minimum atomic E-state index is 0.673. The van der Waals surface area contributed by atoms with Gasteiger partial charge in [-0.25, -0.2) is 15.0 Å². The number of hydrogen-bond acceptors (Lipinski definition) is 6. The number of aromatic nitrogens is 3. The molecule has 0 aliphatic carbocycles. The number of furan rings is 1. The summed E-state index contributed by atoms with van der Waals surface area (Å²) in [6, 6.07) is 3.74. The van der Waals surface area contributed by atoms with E-state index in [1.54, 1.807) is 17.6 Å². The van der Waals surface area contributed by atoms with Crippen LogP contribution >= 0.6 is 11.3 Å². The zero-order valence-corrected chi connectivity index (χ0v) is 12.2. The maximum Gasteiger partial charge on any atom is 0.195 e. The van der Waals surface area contributed by atoms with E-state index in [1.807, 2.05) is 23.8 Å². The molecule has 4 rings (SSSR count). The molecule has 6 heteroatoms. The van der Waals surface area contributed by atoms with E-state index in [-0.39, 0.29) is 0 Å². The fourth-order valence-electron chi connectivity index (χ4n) is 2.58. The van der Waals surface area contributed by atoms with Gasteiger partial charge < -0.3 is 4.42 Å². The lowest BCUT2D eigenvalue weighted by Crippen LogP contribution is -2.31. The third-order valence-corrected chi connectivity index (χ3v) is 4.26. The van der Waals surface area contributed by atoms with Gasteiger partial charge in [0.15, 0.2) is 11.6 Å². The van der Waals surface area contributed by atoms with E-state index in [4.69, 9.17) is 4.42 Å². The Hall–Kier alpha value is -2.05. The van der Waals surface area contributed by atoms with Crippen LogP contribution < -0.4 is 0 Å². The Bertz CT molecular complexity index is 724. The van der Waals surface area contributed by atoms with Gasteiger partial charge in [-0.15, -0.1) is 11.3 Å². The molecule has 1 aliphatic rings. The highest BCUT2D eigenvalue weighted by Gasteiger charge is 2.19. The summed E-state index contributed by atoms with van der Waals surface area (Å²) in [7, 11) is 0. The molecule has 3 aromatic rings. The zero-order chi connectivity index (χ0) is 14.1. The van der Waals surface area contributed by atoms with Crippen LogP contribution in [0.2, 0.25) is 0 Å². The summed E-state index contributed by atoms with van der Waals surface area (Å²) in [5.41, 5.74) is 5.35. The van der Waals surface area contributed by atoms with Crippen LogP contribution in [0.3, 0.4) is 0 Å². The van der Waals surface area contributed by atoms with Crippen molar-refractivity contribution in [3.05, 3.63) is 52.4 Å². The van der Waals surface area contributed by atoms with E-state index < -0.39 is 0 Å². The van der Waals surface area contributed by atoms with Gasteiger partial charge in [0.2, 0.25) is 0 Å². The summed E-state index contributed by atoms with van der Waals surface area (Å²) >= 11 is 1.64. The topological polar surface area (TPSA) is 55.1 Å². The highest BCUT2D eigenvalue weighted by atomic mass is 32.1. The highest BCUT2D eigenvalue weighted by Crippen LogP contribution is 2.22. The van der Waals surface area contributed by atoms with Gasteiger partial charge in [0.05, 0.1) is 23.2 Å². The first-order chi connectivity index (χ1) is 10.4. The quantitative estimate of drug-likeness (QED) is 0.744. The second-order valence-electron chi connectivity index (χ2n) is 5.08. The van der Waals surface area contributed by atoms with E-state index in [1.165, 1.54) is 5.56 Å². The van der Waals surface area contributed by atoms with Gasteiger partial charge in [0.1, 0.15) is 0 Å². The summed E-state index contributed by atoms with van der Waals surface area (Å²) in [4.78, 5) is 15.8. The SMILES string of the molecule is c1coc(-c2ncc3c(n2)CCN(Cc2cscn2)C3)c1. The third-order valence-electron chi connectivity index (χ3n) is 3.62. The lowest BCUT2D eigenvalue weighted by molar-refractivity contribution is 0.240. The van der Waals surface area contributed by atoms with E-state index in [0.29, 0.717) is 5.82 Å². The molecular formula is C15H14N4OS. The van der Waals surface area contributed by atoms with Crippen LogP contribution in [0, 0.1) is 0 Å². The van der Waals surface area contributed by atoms with E-state index >= 15 is 0 Å². The maximum absolute atomic E-state index is 5.36. The van der Waals surface area contributed by atoms with Crippen LogP contribution in [-0.4, -0.2) is 26.4 Å². The van der Waals surface area contributed by atoms with Crippen molar-refractivity contribution in [2.75, 3.05) is 6.54 Å². The molecule has 1 aliphatic heterocycles. The number of nitrogens with zero attached hydrogens (tertiary/aromatic N) is 4. The monoisotopic (exact) mass is 298 g/mol. The Morgan fingerprint density at radius 2 is 2.33 bits per heavy atom. The fourth-order valence-corrected chi connectivity index (χ4v) is 3.13. The first-order valence-electron chi connectivity index (χ1n) is 6.86. The second kappa shape index (κ2) is 5.38. The zero-order valence-electron chi connectivity index (χ0n) is 11.4. The molecule has 0 bridgehead atoms. The smallest absolute Gasteiger partial charge is 0.195 e. The number of rotatable bonds is 3. The molecule has 0 fully saturated rings. The van der Waals surface area contributed by atoms with Gasteiger partial charge >= 0.3 is 0 Å². The van der Waals surface area contributed by atoms with Crippen LogP contribution in [0.4, 0.5) is 0 Å². The molecule has 0 aromatic carbocycles. The molecule has 4 heterocycles. The fraction of sp³-hybridized carbons (Fsp3) is 0.267. The van der Waals surface area contributed by atoms with Gasteiger partial charge in [-0.05, 0) is 12.1 Å². The van der Waals surface area contributed by atoms with Crippen LogP contribution in [0.1, 0.15) is 17.0 Å². The number of hydrogen-bond donors (Lipinski definition) is 0. The third kappa shape index (κ3) is 2.59. The van der Waals surface area contributed by atoms with Crippen molar-refractivity contribution < 1.29 is 4.42 Å². The molecule has 0 spiro atoms. The molecule has 0 N–H and O–H groups in total. The molecule has 5 nitrogen and oxygen atoms in total. The van der Waals surface area contributed by atoms with Crippen LogP contribution in [-0.2, 0) is 19.5 Å². The molecule has 0 amide bonds. The minimum Gasteiger partial charge on any atom is -0.461 e. The molecular weight excluding hydrogens is 284 g/mol. The Labute approximate surface area is 126 Å². The number of fused-ring (bicyclic) bond motifs is 1. The Kier molecular flexibility index (Phi) is 3.25. The molecule has 0 unspecified atom stereocenters. The Morgan fingerprint density at radius 1 is 1.33 bits per heavy atom. The predicted octanol–water partition coefficient (Wildman–Crippen LogP) is 2.75. The summed E-state index contributed by atoms with van der Waals surface area (Å²) in [5.74, 6) is 1.40. The van der Waals surface area contributed by atoms with Gasteiger partial charge in [-0.3, -0.25) is 4.90 Å². The van der Waals surface area contributed by atoms with Crippen molar-refractivity contribution in [2.45, 2.75) is 19.5 Å². The standard InChI is InChI=1S/C15H14N4OS/c1-2-14(20-5-1)15-16-6-11-7-19(4-3-13(11)18-15)8-12-9-21-10-17-12/h1-2,5-6,9-10H,3-4,7-8H2. The summed E-state index contributed by atoms with van der Waals surface area (Å²) in [6.45, 7) is 2.77.